The van der Waals surface area contributed by atoms with Crippen LogP contribution in [-0.4, -0.2) is 11.7 Å². The van der Waals surface area contributed by atoms with Crippen LogP contribution in [-0.2, 0) is 32.5 Å². The summed E-state index contributed by atoms with van der Waals surface area (Å²) in [6, 6.07) is 97.5. The summed E-state index contributed by atoms with van der Waals surface area (Å²) in [6.07, 6.45) is 0. The topological polar surface area (TPSA) is 19.4 Å². The van der Waals surface area contributed by atoms with Crippen LogP contribution in [0.1, 0.15) is 158 Å². The van der Waals surface area contributed by atoms with Gasteiger partial charge in [0.25, 0.3) is 6.71 Å². The first-order valence-corrected chi connectivity index (χ1v) is 35.8. The lowest BCUT2D eigenvalue weighted by Gasteiger charge is -2.45. The summed E-state index contributed by atoms with van der Waals surface area (Å²) in [4.78, 5) is 11.3. The van der Waals surface area contributed by atoms with Gasteiger partial charge in [-0.3, -0.25) is 0 Å². The zero-order valence-corrected chi connectivity index (χ0v) is 61.7. The lowest BCUT2D eigenvalue weighted by Crippen LogP contribution is -2.61. The van der Waals surface area contributed by atoms with Gasteiger partial charge in [0.2, 0.25) is 0 Å². The fourth-order valence-electron chi connectivity index (χ4n) is 14.6. The van der Waals surface area contributed by atoms with Crippen molar-refractivity contribution < 1.29 is 0 Å². The molecule has 0 unspecified atom stereocenters. The summed E-state index contributed by atoms with van der Waals surface area (Å²) in [5.41, 5.74) is 33.2. The standard InChI is InChI=1S/C95H96BN3/c1-90(2,3)73-39-41-85-81(59-73)96-82-60-74(91(4,5)6)40-42-86(82)99(80-51-67(63-35-27-21-28-36-63)44-68(52-80)64-37-29-22-30-38-64)88-56-72(55-87(89(88)96)98(85)79-49-65(61-31-23-19-24-32-61)43-66(50-79)62-33-25-20-26-34-62)84-54-70(69-45-75(92(7,8)9)57-76(46-69)93(10,11)12)53-83(97-84)71-47-77(94(13,14)15)58-78(48-71)95(16,17)18/h19-60H,1-18H3. The second-order valence-electron chi connectivity index (χ2n) is 34.3. The SMILES string of the molecule is CC(C)(C)c1cc(-c2cc(-c3cc(C(C)(C)C)cc(C(C)(C)C)c3)nc(-c3cc4c5c(c3)N(c3cc(-c6ccccc6)cc(-c6ccccc6)c3)c3ccc(C(C)(C)C)cc3B5c3cc(C(C)(C)C)ccc3N4c3cc(-c4ccccc4)cc(-c4ccccc4)c3)c2)cc(C(C)(C)C)c1. The van der Waals surface area contributed by atoms with Gasteiger partial charge in [-0.2, -0.15) is 0 Å². The predicted molar refractivity (Wildman–Crippen MR) is 429 cm³/mol. The summed E-state index contributed by atoms with van der Waals surface area (Å²) in [5.74, 6) is 0. The fourth-order valence-corrected chi connectivity index (χ4v) is 14.6. The van der Waals surface area contributed by atoms with Crippen LogP contribution in [0.4, 0.5) is 34.1 Å². The highest BCUT2D eigenvalue weighted by Gasteiger charge is 2.45. The molecule has 0 atom stereocenters. The summed E-state index contributed by atoms with van der Waals surface area (Å²) >= 11 is 0. The summed E-state index contributed by atoms with van der Waals surface area (Å²) in [5, 5.41) is 0. The molecule has 0 aliphatic carbocycles. The molecule has 0 spiro atoms. The Hall–Kier alpha value is -9.77. The first kappa shape index (κ1) is 66.5. The maximum atomic E-state index is 6.09. The Bertz CT molecular complexity index is 4570. The van der Waals surface area contributed by atoms with Gasteiger partial charge in [-0.25, -0.2) is 4.98 Å². The van der Waals surface area contributed by atoms with E-state index in [0.717, 1.165) is 107 Å². The largest absolute Gasteiger partial charge is 0.311 e. The number of hydrogen-bond donors (Lipinski definition) is 0. The highest BCUT2D eigenvalue weighted by Crippen LogP contribution is 2.50. The highest BCUT2D eigenvalue weighted by molar-refractivity contribution is 7.00. The zero-order valence-electron chi connectivity index (χ0n) is 61.7. The summed E-state index contributed by atoms with van der Waals surface area (Å²) in [7, 11) is 0. The van der Waals surface area contributed by atoms with E-state index in [1.165, 1.54) is 55.3 Å². The number of nitrogens with zero attached hydrogens (tertiary/aromatic N) is 3. The Kier molecular flexibility index (Phi) is 16.5. The van der Waals surface area contributed by atoms with Crippen molar-refractivity contribution in [3.8, 4) is 78.1 Å². The number of anilines is 6. The van der Waals surface area contributed by atoms with Gasteiger partial charge in [-0.1, -0.05) is 294 Å². The van der Waals surface area contributed by atoms with Crippen molar-refractivity contribution in [2.45, 2.75) is 157 Å². The van der Waals surface area contributed by atoms with Crippen LogP contribution >= 0.6 is 0 Å². The van der Waals surface area contributed by atoms with Crippen LogP contribution in [0, 0.1) is 0 Å². The fraction of sp³-hybridized carbons (Fsp3) is 0.253. The molecule has 0 saturated heterocycles. The van der Waals surface area contributed by atoms with Crippen molar-refractivity contribution >= 4 is 57.2 Å². The van der Waals surface area contributed by atoms with E-state index < -0.39 is 0 Å². The Balaban J connectivity index is 1.16. The van der Waals surface area contributed by atoms with Crippen molar-refractivity contribution in [2.24, 2.45) is 0 Å². The lowest BCUT2D eigenvalue weighted by molar-refractivity contribution is 0.568. The number of benzene rings is 11. The van der Waals surface area contributed by atoms with E-state index in [9.17, 15) is 0 Å². The molecule has 99 heavy (non-hydrogen) atoms. The van der Waals surface area contributed by atoms with Crippen LogP contribution in [0.5, 0.6) is 0 Å². The molecule has 3 heterocycles. The monoisotopic (exact) mass is 1290 g/mol. The van der Waals surface area contributed by atoms with E-state index in [1.807, 2.05) is 0 Å². The minimum Gasteiger partial charge on any atom is -0.311 e. The molecule has 2 aliphatic heterocycles. The molecule has 0 amide bonds. The van der Waals surface area contributed by atoms with Crippen LogP contribution in [0.15, 0.2) is 255 Å². The van der Waals surface area contributed by atoms with Crippen molar-refractivity contribution in [2.75, 3.05) is 9.80 Å². The van der Waals surface area contributed by atoms with E-state index in [2.05, 4.69) is 389 Å². The molecule has 0 saturated carbocycles. The first-order chi connectivity index (χ1) is 46.8. The smallest absolute Gasteiger partial charge is 0.252 e. The number of aromatic nitrogens is 1. The van der Waals surface area contributed by atoms with E-state index in [-0.39, 0.29) is 39.2 Å². The molecule has 0 fully saturated rings. The van der Waals surface area contributed by atoms with E-state index in [1.54, 1.807) is 0 Å². The Labute approximate surface area is 591 Å². The van der Waals surface area contributed by atoms with Gasteiger partial charge in [0.1, 0.15) is 0 Å². The minimum atomic E-state index is -0.162. The molecule has 12 aromatic rings. The second kappa shape index (κ2) is 24.6. The number of fused-ring (bicyclic) bond motifs is 4. The average Bonchev–Trinajstić information content (AvgIpc) is 0.693. The minimum absolute atomic E-state index is 0.105. The Morgan fingerprint density at radius 1 is 0.222 bits per heavy atom. The predicted octanol–water partition coefficient (Wildman–Crippen LogP) is 24.6. The average molecular weight is 1290 g/mol. The third-order valence-electron chi connectivity index (χ3n) is 20.7. The van der Waals surface area contributed by atoms with Gasteiger partial charge < -0.3 is 9.80 Å². The number of rotatable bonds is 9. The molecule has 3 nitrogen and oxygen atoms in total. The first-order valence-electron chi connectivity index (χ1n) is 35.8. The Morgan fingerprint density at radius 2 is 0.495 bits per heavy atom. The third kappa shape index (κ3) is 13.0. The summed E-state index contributed by atoms with van der Waals surface area (Å²) in [6.45, 7) is 42.1. The van der Waals surface area contributed by atoms with Gasteiger partial charge in [0, 0.05) is 45.3 Å². The molecule has 0 bridgehead atoms. The normalized spacial score (nSPS) is 13.3. The molecule has 14 rings (SSSR count). The molecule has 0 radical (unpaired) electrons. The van der Waals surface area contributed by atoms with Crippen LogP contribution in [0.25, 0.3) is 78.1 Å². The zero-order chi connectivity index (χ0) is 69.9. The van der Waals surface area contributed by atoms with Crippen molar-refractivity contribution in [1.29, 1.82) is 0 Å². The lowest BCUT2D eigenvalue weighted by atomic mass is 9.33. The van der Waals surface area contributed by atoms with Crippen molar-refractivity contribution in [1.82, 2.24) is 4.98 Å². The quantitative estimate of drug-likeness (QED) is 0.134. The molecular weight excluding hydrogens is 1190 g/mol. The molecule has 11 aromatic carbocycles. The molecule has 1 aromatic heterocycles. The van der Waals surface area contributed by atoms with Crippen LogP contribution < -0.4 is 26.2 Å². The second-order valence-corrected chi connectivity index (χ2v) is 34.3. The maximum Gasteiger partial charge on any atom is 0.252 e. The highest BCUT2D eigenvalue weighted by atomic mass is 15.2. The number of pyridine rings is 1. The van der Waals surface area contributed by atoms with Crippen molar-refractivity contribution in [3.63, 3.8) is 0 Å². The maximum absolute atomic E-state index is 6.09. The van der Waals surface area contributed by atoms with Gasteiger partial charge in [0.15, 0.2) is 0 Å². The molecule has 0 N–H and O–H groups in total. The molecule has 2 aliphatic rings. The third-order valence-corrected chi connectivity index (χ3v) is 20.7. The van der Waals surface area contributed by atoms with E-state index in [4.69, 9.17) is 4.98 Å². The number of hydrogen-bond acceptors (Lipinski definition) is 3. The molecular formula is C95H96BN3. The van der Waals surface area contributed by atoms with E-state index in [0.29, 0.717) is 0 Å². The Morgan fingerprint density at radius 3 is 0.798 bits per heavy atom. The van der Waals surface area contributed by atoms with E-state index >= 15 is 0 Å². The van der Waals surface area contributed by atoms with Crippen molar-refractivity contribution in [3.05, 3.63) is 288 Å². The molecule has 4 heteroatoms. The van der Waals surface area contributed by atoms with Gasteiger partial charge in [-0.05, 0) is 223 Å². The van der Waals surface area contributed by atoms with Crippen LogP contribution in [0.3, 0.4) is 0 Å². The molecule has 494 valence electrons. The van der Waals surface area contributed by atoms with Crippen LogP contribution in [0.2, 0.25) is 0 Å². The van der Waals surface area contributed by atoms with Gasteiger partial charge in [-0.15, -0.1) is 0 Å². The summed E-state index contributed by atoms with van der Waals surface area (Å²) < 4.78 is 0. The van der Waals surface area contributed by atoms with Gasteiger partial charge in [0.05, 0.1) is 11.4 Å². The van der Waals surface area contributed by atoms with Gasteiger partial charge >= 0.3 is 0 Å².